The van der Waals surface area contributed by atoms with Gasteiger partial charge >= 0.3 is 5.97 Å². The third kappa shape index (κ3) is 2.39. The predicted molar refractivity (Wildman–Crippen MR) is 74.5 cm³/mol. The number of hydrogen-bond acceptors (Lipinski definition) is 3. The maximum atomic E-state index is 12.6. The Labute approximate surface area is 117 Å². The van der Waals surface area contributed by atoms with Gasteiger partial charge in [-0.3, -0.25) is 4.79 Å². The molecule has 0 aliphatic heterocycles. The lowest BCUT2D eigenvalue weighted by atomic mass is 9.86. The highest BCUT2D eigenvalue weighted by Crippen LogP contribution is 2.36. The lowest BCUT2D eigenvalue weighted by Gasteiger charge is -2.35. The summed E-state index contributed by atoms with van der Waals surface area (Å²) in [5.41, 5.74) is -0.0839. The number of carboxylic acids is 1. The second-order valence-electron chi connectivity index (χ2n) is 5.51. The van der Waals surface area contributed by atoms with Crippen molar-refractivity contribution in [3.63, 3.8) is 0 Å². The van der Waals surface area contributed by atoms with Gasteiger partial charge in [0.25, 0.3) is 0 Å². The Bertz CT molecular complexity index is 507. The molecule has 0 radical (unpaired) electrons. The average Bonchev–Trinajstić information content (AvgIpc) is 2.84. The van der Waals surface area contributed by atoms with Crippen molar-refractivity contribution < 1.29 is 14.7 Å². The molecule has 1 heterocycles. The van der Waals surface area contributed by atoms with Gasteiger partial charge in [0, 0.05) is 11.9 Å². The fraction of sp³-hybridized carbons (Fsp3) is 0.571. The number of carbonyl (C=O) groups is 2. The van der Waals surface area contributed by atoms with Gasteiger partial charge in [-0.05, 0) is 50.1 Å². The van der Waals surface area contributed by atoms with Gasteiger partial charge in [-0.2, -0.15) is 0 Å². The zero-order valence-corrected chi connectivity index (χ0v) is 12.3. The van der Waals surface area contributed by atoms with E-state index in [4.69, 9.17) is 0 Å². The highest BCUT2D eigenvalue weighted by Gasteiger charge is 2.39. The molecule has 19 heavy (non-hydrogen) atoms. The van der Waals surface area contributed by atoms with E-state index in [9.17, 15) is 14.7 Å². The third-order valence-corrected chi connectivity index (χ3v) is 5.04. The first-order valence-corrected chi connectivity index (χ1v) is 7.31. The molecule has 1 aromatic heterocycles. The molecule has 1 aliphatic rings. The van der Waals surface area contributed by atoms with Gasteiger partial charge in [0.2, 0.25) is 5.91 Å². The number of rotatable bonds is 3. The van der Waals surface area contributed by atoms with Gasteiger partial charge in [0.1, 0.15) is 5.54 Å². The third-order valence-electron chi connectivity index (χ3n) is 4.04. The van der Waals surface area contributed by atoms with E-state index in [1.54, 1.807) is 32.2 Å². The van der Waals surface area contributed by atoms with Crippen LogP contribution < -0.4 is 0 Å². The van der Waals surface area contributed by atoms with E-state index in [0.717, 1.165) is 24.8 Å². The van der Waals surface area contributed by atoms with Crippen LogP contribution in [0.25, 0.3) is 0 Å². The second kappa shape index (κ2) is 4.96. The minimum Gasteiger partial charge on any atom is -0.480 e. The molecule has 5 heteroatoms. The number of aryl methyl sites for hydroxylation is 1. The van der Waals surface area contributed by atoms with Crippen LogP contribution in [0.15, 0.2) is 11.4 Å². The maximum absolute atomic E-state index is 12.6. The highest BCUT2D eigenvalue weighted by atomic mass is 32.1. The summed E-state index contributed by atoms with van der Waals surface area (Å²) in [6.45, 7) is 3.12. The predicted octanol–water partition coefficient (Wildman–Crippen LogP) is 2.49. The van der Waals surface area contributed by atoms with E-state index in [-0.39, 0.29) is 11.8 Å². The Morgan fingerprint density at radius 3 is 2.79 bits per heavy atom. The number of aliphatic carboxylic acids is 1. The molecule has 1 aliphatic carbocycles. The number of thiophene rings is 1. The summed E-state index contributed by atoms with van der Waals surface area (Å²) in [7, 11) is 1.58. The van der Waals surface area contributed by atoms with Gasteiger partial charge in [0.15, 0.2) is 0 Å². The first kappa shape index (κ1) is 14.1. The van der Waals surface area contributed by atoms with Crippen molar-refractivity contribution >= 4 is 23.2 Å². The molecule has 0 saturated heterocycles. The Balaban J connectivity index is 2.25. The molecule has 1 amide bonds. The van der Waals surface area contributed by atoms with Crippen molar-refractivity contribution in [1.29, 1.82) is 0 Å². The zero-order chi connectivity index (χ0) is 14.2. The SMILES string of the molecule is CN(C(=O)C1CCCc2sccc21)C(C)(C)C(=O)O. The van der Waals surface area contributed by atoms with Crippen molar-refractivity contribution in [2.24, 2.45) is 0 Å². The van der Waals surface area contributed by atoms with Crippen LogP contribution >= 0.6 is 11.3 Å². The molecule has 1 aromatic rings. The van der Waals surface area contributed by atoms with Gasteiger partial charge in [-0.25, -0.2) is 4.79 Å². The highest BCUT2D eigenvalue weighted by molar-refractivity contribution is 7.10. The molecule has 4 nitrogen and oxygen atoms in total. The van der Waals surface area contributed by atoms with Crippen molar-refractivity contribution in [2.75, 3.05) is 7.05 Å². The summed E-state index contributed by atoms with van der Waals surface area (Å²) in [5.74, 6) is -1.25. The molecular formula is C14H19NO3S. The van der Waals surface area contributed by atoms with E-state index in [0.29, 0.717) is 0 Å². The van der Waals surface area contributed by atoms with Crippen LogP contribution in [0.5, 0.6) is 0 Å². The molecule has 104 valence electrons. The standard InChI is InChI=1S/C14H19NO3S/c1-14(2,13(17)18)15(3)12(16)10-5-4-6-11-9(10)7-8-19-11/h7-8,10H,4-6H2,1-3H3,(H,17,18). The molecule has 0 aromatic carbocycles. The van der Waals surface area contributed by atoms with Crippen molar-refractivity contribution in [1.82, 2.24) is 4.90 Å². The Morgan fingerprint density at radius 1 is 1.47 bits per heavy atom. The number of amides is 1. The molecule has 0 bridgehead atoms. The summed E-state index contributed by atoms with van der Waals surface area (Å²) in [6, 6.07) is 2.00. The summed E-state index contributed by atoms with van der Waals surface area (Å²) in [5, 5.41) is 11.2. The number of likely N-dealkylation sites (N-methyl/N-ethyl adjacent to an activating group) is 1. The van der Waals surface area contributed by atoms with Crippen LogP contribution in [-0.2, 0) is 16.0 Å². The van der Waals surface area contributed by atoms with Crippen LogP contribution in [0.2, 0.25) is 0 Å². The number of hydrogen-bond donors (Lipinski definition) is 1. The van der Waals surface area contributed by atoms with Crippen molar-refractivity contribution in [3.8, 4) is 0 Å². The molecule has 1 N–H and O–H groups in total. The molecule has 0 fully saturated rings. The normalized spacial score (nSPS) is 18.8. The summed E-state index contributed by atoms with van der Waals surface area (Å²) < 4.78 is 0. The van der Waals surface area contributed by atoms with Crippen LogP contribution in [0.1, 0.15) is 43.0 Å². The van der Waals surface area contributed by atoms with Crippen LogP contribution in [0.3, 0.4) is 0 Å². The molecule has 0 saturated carbocycles. The van der Waals surface area contributed by atoms with E-state index in [1.807, 2.05) is 11.4 Å². The van der Waals surface area contributed by atoms with Gasteiger partial charge in [-0.1, -0.05) is 0 Å². The van der Waals surface area contributed by atoms with Crippen molar-refractivity contribution in [3.05, 3.63) is 21.9 Å². The van der Waals surface area contributed by atoms with E-state index in [2.05, 4.69) is 0 Å². The van der Waals surface area contributed by atoms with E-state index in [1.165, 1.54) is 9.78 Å². The van der Waals surface area contributed by atoms with Crippen LogP contribution in [-0.4, -0.2) is 34.5 Å². The minimum atomic E-state index is -1.18. The summed E-state index contributed by atoms with van der Waals surface area (Å²) in [4.78, 5) is 26.5. The molecule has 2 rings (SSSR count). The Hall–Kier alpha value is -1.36. The van der Waals surface area contributed by atoms with Gasteiger partial charge < -0.3 is 10.0 Å². The lowest BCUT2D eigenvalue weighted by molar-refractivity contribution is -0.156. The topological polar surface area (TPSA) is 57.6 Å². The monoisotopic (exact) mass is 281 g/mol. The number of fused-ring (bicyclic) bond motifs is 1. The molecular weight excluding hydrogens is 262 g/mol. The first-order valence-electron chi connectivity index (χ1n) is 6.43. The molecule has 1 unspecified atom stereocenters. The molecule has 0 spiro atoms. The lowest BCUT2D eigenvalue weighted by Crippen LogP contribution is -2.52. The van der Waals surface area contributed by atoms with Gasteiger partial charge in [0.05, 0.1) is 5.92 Å². The number of nitrogens with zero attached hydrogens (tertiary/aromatic N) is 1. The fourth-order valence-corrected chi connectivity index (χ4v) is 3.38. The molecule has 1 atom stereocenters. The fourth-order valence-electron chi connectivity index (χ4n) is 2.40. The smallest absolute Gasteiger partial charge is 0.329 e. The summed E-state index contributed by atoms with van der Waals surface area (Å²) >= 11 is 1.68. The Kier molecular flexibility index (Phi) is 3.67. The average molecular weight is 281 g/mol. The van der Waals surface area contributed by atoms with Crippen molar-refractivity contribution in [2.45, 2.75) is 44.6 Å². The second-order valence-corrected chi connectivity index (χ2v) is 6.51. The van der Waals surface area contributed by atoms with Crippen LogP contribution in [0, 0.1) is 0 Å². The maximum Gasteiger partial charge on any atom is 0.329 e. The summed E-state index contributed by atoms with van der Waals surface area (Å²) in [6.07, 6.45) is 2.83. The zero-order valence-electron chi connectivity index (χ0n) is 11.5. The number of carboxylic acid groups (broad SMARTS) is 1. The number of carbonyl (C=O) groups excluding carboxylic acids is 1. The van der Waals surface area contributed by atoms with E-state index >= 15 is 0 Å². The van der Waals surface area contributed by atoms with E-state index < -0.39 is 11.5 Å². The first-order chi connectivity index (χ1) is 8.85. The van der Waals surface area contributed by atoms with Gasteiger partial charge in [-0.15, -0.1) is 11.3 Å². The van der Waals surface area contributed by atoms with Crippen LogP contribution in [0.4, 0.5) is 0 Å². The quantitative estimate of drug-likeness (QED) is 0.926. The largest absolute Gasteiger partial charge is 0.480 e. The Morgan fingerprint density at radius 2 is 2.16 bits per heavy atom. The minimum absolute atomic E-state index is 0.0910.